The molecule has 1 fully saturated rings. The highest BCUT2D eigenvalue weighted by atomic mass is 32.2. The Kier molecular flexibility index (Phi) is 8.70. The van der Waals surface area contributed by atoms with Gasteiger partial charge < -0.3 is 15.0 Å². The van der Waals surface area contributed by atoms with Crippen molar-refractivity contribution in [2.45, 2.75) is 77.8 Å². The second-order valence-electron chi connectivity index (χ2n) is 10.9. The first kappa shape index (κ1) is 28.7. The smallest absolute Gasteiger partial charge is 0.410 e. The van der Waals surface area contributed by atoms with Crippen LogP contribution in [0.5, 0.6) is 0 Å². The molecule has 9 heteroatoms. The molecule has 2 aromatic carbocycles. The van der Waals surface area contributed by atoms with Crippen LogP contribution in [-0.4, -0.2) is 50.1 Å². The number of anilines is 1. The average Bonchev–Trinajstić information content (AvgIpc) is 2.80. The molecule has 1 atom stereocenters. The maximum absolute atomic E-state index is 13.3. The maximum atomic E-state index is 13.3. The zero-order valence-corrected chi connectivity index (χ0v) is 23.7. The van der Waals surface area contributed by atoms with Gasteiger partial charge in [0.2, 0.25) is 10.0 Å². The van der Waals surface area contributed by atoms with Crippen molar-refractivity contribution in [1.29, 1.82) is 0 Å². The van der Waals surface area contributed by atoms with E-state index in [0.717, 1.165) is 5.56 Å². The Hall–Kier alpha value is -2.91. The molecule has 202 valence electrons. The number of aryl methyl sites for hydroxylation is 3. The van der Waals surface area contributed by atoms with E-state index in [0.29, 0.717) is 48.3 Å². The first-order chi connectivity index (χ1) is 17.2. The molecular weight excluding hydrogens is 490 g/mol. The van der Waals surface area contributed by atoms with Gasteiger partial charge in [0.05, 0.1) is 4.90 Å². The average molecular weight is 530 g/mol. The number of benzene rings is 2. The minimum atomic E-state index is -3.79. The molecule has 0 aromatic heterocycles. The number of sulfonamides is 1. The van der Waals surface area contributed by atoms with Crippen molar-refractivity contribution >= 4 is 27.7 Å². The molecule has 0 spiro atoms. The number of carbonyl (C=O) groups is 2. The topological polar surface area (TPSA) is 105 Å². The van der Waals surface area contributed by atoms with Gasteiger partial charge >= 0.3 is 6.09 Å². The molecule has 0 aliphatic carbocycles. The largest absolute Gasteiger partial charge is 0.444 e. The van der Waals surface area contributed by atoms with E-state index in [1.54, 1.807) is 36.9 Å². The van der Waals surface area contributed by atoms with Crippen molar-refractivity contribution in [3.63, 3.8) is 0 Å². The monoisotopic (exact) mass is 529 g/mol. The Bertz CT molecular complexity index is 1260. The van der Waals surface area contributed by atoms with E-state index in [-0.39, 0.29) is 28.9 Å². The first-order valence-electron chi connectivity index (χ1n) is 12.7. The van der Waals surface area contributed by atoms with Gasteiger partial charge in [-0.1, -0.05) is 18.2 Å². The number of nitrogens with zero attached hydrogens (tertiary/aromatic N) is 1. The van der Waals surface area contributed by atoms with Crippen LogP contribution >= 0.6 is 0 Å². The van der Waals surface area contributed by atoms with Crippen LogP contribution in [0.4, 0.5) is 10.5 Å². The van der Waals surface area contributed by atoms with E-state index in [1.165, 1.54) is 0 Å². The number of piperidine rings is 1. The Morgan fingerprint density at radius 1 is 1.00 bits per heavy atom. The lowest BCUT2D eigenvalue weighted by molar-refractivity contribution is 0.0174. The highest BCUT2D eigenvalue weighted by molar-refractivity contribution is 7.89. The van der Waals surface area contributed by atoms with Crippen molar-refractivity contribution in [1.82, 2.24) is 9.62 Å². The number of hydrogen-bond donors (Lipinski definition) is 2. The predicted octanol–water partition coefficient (Wildman–Crippen LogP) is 5.18. The summed E-state index contributed by atoms with van der Waals surface area (Å²) in [6, 6.07) is 10.3. The van der Waals surface area contributed by atoms with E-state index in [2.05, 4.69) is 10.0 Å². The number of nitrogens with one attached hydrogen (secondary N) is 2. The van der Waals surface area contributed by atoms with E-state index in [9.17, 15) is 18.0 Å². The molecule has 37 heavy (non-hydrogen) atoms. The normalized spacial score (nSPS) is 15.8. The summed E-state index contributed by atoms with van der Waals surface area (Å²) < 4.78 is 34.9. The summed E-state index contributed by atoms with van der Waals surface area (Å²) in [5, 5.41) is 2.91. The summed E-state index contributed by atoms with van der Waals surface area (Å²) in [7, 11) is -3.79. The molecule has 0 saturated carbocycles. The van der Waals surface area contributed by atoms with Gasteiger partial charge in [0, 0.05) is 30.4 Å². The summed E-state index contributed by atoms with van der Waals surface area (Å²) >= 11 is 0. The second kappa shape index (κ2) is 11.2. The number of likely N-dealkylation sites (tertiary alicyclic amines) is 1. The van der Waals surface area contributed by atoms with Crippen molar-refractivity contribution in [2.24, 2.45) is 5.92 Å². The number of rotatable bonds is 6. The van der Waals surface area contributed by atoms with Crippen molar-refractivity contribution in [3.8, 4) is 0 Å². The Balaban J connectivity index is 1.66. The van der Waals surface area contributed by atoms with Gasteiger partial charge in [-0.05, 0) is 102 Å². The van der Waals surface area contributed by atoms with Crippen molar-refractivity contribution in [3.05, 3.63) is 58.7 Å². The molecule has 2 aromatic rings. The van der Waals surface area contributed by atoms with Gasteiger partial charge in [0.15, 0.2) is 0 Å². The zero-order valence-electron chi connectivity index (χ0n) is 22.8. The highest BCUT2D eigenvalue weighted by Gasteiger charge is 2.31. The van der Waals surface area contributed by atoms with Crippen LogP contribution in [0.1, 0.15) is 67.6 Å². The zero-order chi connectivity index (χ0) is 27.5. The number of ether oxygens (including phenoxy) is 1. The lowest BCUT2D eigenvalue weighted by atomic mass is 9.91. The van der Waals surface area contributed by atoms with Crippen LogP contribution in [0.25, 0.3) is 0 Å². The molecule has 0 radical (unpaired) electrons. The molecular formula is C28H39N3O5S. The van der Waals surface area contributed by atoms with E-state index in [4.69, 9.17) is 4.74 Å². The van der Waals surface area contributed by atoms with Crippen LogP contribution in [0.3, 0.4) is 0 Å². The third kappa shape index (κ3) is 7.32. The lowest BCUT2D eigenvalue weighted by Gasteiger charge is -2.35. The van der Waals surface area contributed by atoms with Crippen LogP contribution in [0, 0.1) is 26.7 Å². The quantitative estimate of drug-likeness (QED) is 0.537. The highest BCUT2D eigenvalue weighted by Crippen LogP contribution is 2.27. The van der Waals surface area contributed by atoms with E-state index < -0.39 is 15.6 Å². The molecule has 1 aliphatic rings. The van der Waals surface area contributed by atoms with Crippen LogP contribution in [0.15, 0.2) is 41.3 Å². The fourth-order valence-corrected chi connectivity index (χ4v) is 6.17. The molecule has 1 aliphatic heterocycles. The Morgan fingerprint density at radius 3 is 2.22 bits per heavy atom. The van der Waals surface area contributed by atoms with Crippen LogP contribution in [-0.2, 0) is 14.8 Å². The summed E-state index contributed by atoms with van der Waals surface area (Å²) in [6.45, 7) is 13.8. The molecule has 1 heterocycles. The Labute approximate surface area is 220 Å². The summed E-state index contributed by atoms with van der Waals surface area (Å²) in [5.74, 6) is -0.136. The molecule has 2 amide bonds. The van der Waals surface area contributed by atoms with Crippen LogP contribution < -0.4 is 10.0 Å². The molecule has 1 saturated heterocycles. The summed E-state index contributed by atoms with van der Waals surface area (Å²) in [5.41, 5.74) is 2.67. The fraction of sp³-hybridized carbons (Fsp3) is 0.500. The summed E-state index contributed by atoms with van der Waals surface area (Å²) in [6.07, 6.45) is 1.04. The molecule has 8 nitrogen and oxygen atoms in total. The molecule has 0 unspecified atom stereocenters. The first-order valence-corrected chi connectivity index (χ1v) is 14.1. The predicted molar refractivity (Wildman–Crippen MR) is 145 cm³/mol. The van der Waals surface area contributed by atoms with Gasteiger partial charge in [-0.3, -0.25) is 4.79 Å². The summed E-state index contributed by atoms with van der Waals surface area (Å²) in [4.78, 5) is 27.0. The molecule has 0 bridgehead atoms. The van der Waals surface area contributed by atoms with Crippen molar-refractivity contribution < 1.29 is 22.7 Å². The van der Waals surface area contributed by atoms with Crippen molar-refractivity contribution in [2.75, 3.05) is 18.4 Å². The number of amides is 2. The maximum Gasteiger partial charge on any atom is 0.410 e. The number of carbonyl (C=O) groups excluding carboxylic acids is 2. The van der Waals surface area contributed by atoms with Gasteiger partial charge in [-0.2, -0.15) is 0 Å². The third-order valence-corrected chi connectivity index (χ3v) is 8.39. The minimum Gasteiger partial charge on any atom is -0.444 e. The Morgan fingerprint density at radius 2 is 1.62 bits per heavy atom. The lowest BCUT2D eigenvalue weighted by Crippen LogP contribution is -2.46. The van der Waals surface area contributed by atoms with E-state index in [1.807, 2.05) is 52.8 Å². The SMILES string of the molecule is Cc1cc(S(=O)(=O)N[C@H](C)C2CCN(C(=O)OC(C)(C)C)CC2)c(C)cc1NC(=O)c1ccccc1C. The fourth-order valence-electron chi connectivity index (χ4n) is 4.54. The van der Waals surface area contributed by atoms with Gasteiger partial charge in [-0.15, -0.1) is 0 Å². The standard InChI is InChI=1S/C28H39N3O5S/c1-18-10-8-9-11-23(18)26(32)29-24-16-20(3)25(17-19(24)2)37(34,35)30-21(4)22-12-14-31(15-13-22)27(33)36-28(5,6)7/h8-11,16-17,21-22,30H,12-15H2,1-7H3,(H,29,32)/t21-/m1/s1. The molecule has 2 N–H and O–H groups in total. The van der Waals surface area contributed by atoms with Crippen LogP contribution in [0.2, 0.25) is 0 Å². The van der Waals surface area contributed by atoms with Gasteiger partial charge in [0.1, 0.15) is 5.60 Å². The van der Waals surface area contributed by atoms with Gasteiger partial charge in [0.25, 0.3) is 5.91 Å². The minimum absolute atomic E-state index is 0.0996. The van der Waals surface area contributed by atoms with Gasteiger partial charge in [-0.25, -0.2) is 17.9 Å². The molecule has 3 rings (SSSR count). The third-order valence-electron chi connectivity index (χ3n) is 6.69. The second-order valence-corrected chi connectivity index (χ2v) is 12.6. The van der Waals surface area contributed by atoms with E-state index >= 15 is 0 Å². The number of hydrogen-bond acceptors (Lipinski definition) is 5.